The van der Waals surface area contributed by atoms with Crippen molar-refractivity contribution in [2.24, 2.45) is 0 Å². The molecule has 0 aromatic heterocycles. The molecule has 0 aliphatic carbocycles. The van der Waals surface area contributed by atoms with Crippen LogP contribution in [-0.4, -0.2) is 50.3 Å². The van der Waals surface area contributed by atoms with Gasteiger partial charge in [-0.05, 0) is 100 Å². The van der Waals surface area contributed by atoms with Crippen LogP contribution in [0.25, 0.3) is 0 Å². The molecule has 12 heteroatoms. The van der Waals surface area contributed by atoms with Crippen molar-refractivity contribution in [1.29, 1.82) is 0 Å². The van der Waals surface area contributed by atoms with Gasteiger partial charge in [0, 0.05) is 11.1 Å². The summed E-state index contributed by atoms with van der Waals surface area (Å²) in [6, 6.07) is 14.5. The standard InChI is InChI=1S/C54H72F2O10/c1-41(2)51(57)63-39-25-21-17-13-9-5-7-11-15-19-23-37-61-45-31-27-43(28-32-45)53(59)65-47-35-36-48(50(56)49(47)55)66-54(60)44-29-33-46(34-30-44)62-38-24-20-16-12-8-6-10-14-18-22-26-40-64-52(58)42(3)4/h27-36H,1,3,5-26,37-40H2,2,4H3. The molecule has 0 saturated heterocycles. The van der Waals surface area contributed by atoms with Crippen molar-refractivity contribution >= 4 is 23.9 Å². The number of carbonyl (C=O) groups is 4. The average Bonchev–Trinajstić information content (AvgIpc) is 3.31. The Hall–Kier alpha value is -5.52. The molecule has 0 spiro atoms. The van der Waals surface area contributed by atoms with Gasteiger partial charge in [-0.25, -0.2) is 19.2 Å². The second kappa shape index (κ2) is 33.0. The summed E-state index contributed by atoms with van der Waals surface area (Å²) in [6.45, 7) is 12.5. The quantitative estimate of drug-likeness (QED) is 0.0241. The van der Waals surface area contributed by atoms with Crippen LogP contribution < -0.4 is 18.9 Å². The van der Waals surface area contributed by atoms with E-state index in [1.54, 1.807) is 38.1 Å². The second-order valence-electron chi connectivity index (χ2n) is 16.8. The van der Waals surface area contributed by atoms with Crippen molar-refractivity contribution in [3.8, 4) is 23.0 Å². The zero-order chi connectivity index (χ0) is 47.8. The monoisotopic (exact) mass is 919 g/mol. The van der Waals surface area contributed by atoms with Gasteiger partial charge in [0.05, 0.1) is 37.6 Å². The molecule has 3 aromatic carbocycles. The maximum absolute atomic E-state index is 15.0. The highest BCUT2D eigenvalue weighted by Gasteiger charge is 2.21. The van der Waals surface area contributed by atoms with E-state index in [0.29, 0.717) is 49.1 Å². The Labute approximate surface area is 391 Å². The van der Waals surface area contributed by atoms with Gasteiger partial charge >= 0.3 is 23.9 Å². The van der Waals surface area contributed by atoms with Crippen LogP contribution in [0.4, 0.5) is 8.78 Å². The minimum absolute atomic E-state index is 0.123. The summed E-state index contributed by atoms with van der Waals surface area (Å²) in [5, 5.41) is 0. The van der Waals surface area contributed by atoms with E-state index in [9.17, 15) is 28.0 Å². The van der Waals surface area contributed by atoms with E-state index >= 15 is 0 Å². The van der Waals surface area contributed by atoms with Crippen LogP contribution in [-0.2, 0) is 19.1 Å². The van der Waals surface area contributed by atoms with Gasteiger partial charge < -0.3 is 28.4 Å². The van der Waals surface area contributed by atoms with Gasteiger partial charge in [-0.3, -0.25) is 0 Å². The summed E-state index contributed by atoms with van der Waals surface area (Å²) >= 11 is 0. The largest absolute Gasteiger partial charge is 0.494 e. The van der Waals surface area contributed by atoms with E-state index in [1.165, 1.54) is 88.5 Å². The zero-order valence-electron chi connectivity index (χ0n) is 39.4. The number of rotatable bonds is 36. The zero-order valence-corrected chi connectivity index (χ0v) is 39.4. The highest BCUT2D eigenvalue weighted by atomic mass is 19.2. The van der Waals surface area contributed by atoms with Gasteiger partial charge in [0.1, 0.15) is 11.5 Å². The number of unbranched alkanes of at least 4 members (excludes halogenated alkanes) is 20. The fraction of sp³-hybridized carbons (Fsp3) is 0.519. The van der Waals surface area contributed by atoms with Gasteiger partial charge in [-0.15, -0.1) is 0 Å². The van der Waals surface area contributed by atoms with Crippen LogP contribution in [0.5, 0.6) is 23.0 Å². The van der Waals surface area contributed by atoms with Crippen LogP contribution >= 0.6 is 0 Å². The molecule has 0 amide bonds. The topological polar surface area (TPSA) is 124 Å². The maximum Gasteiger partial charge on any atom is 0.343 e. The molecule has 362 valence electrons. The van der Waals surface area contributed by atoms with Gasteiger partial charge in [0.15, 0.2) is 11.5 Å². The molecule has 0 aliphatic rings. The number of ether oxygens (including phenoxy) is 6. The third kappa shape index (κ3) is 23.1. The summed E-state index contributed by atoms with van der Waals surface area (Å²) < 4.78 is 62.0. The number of benzene rings is 3. The van der Waals surface area contributed by atoms with Crippen molar-refractivity contribution in [3.05, 3.63) is 108 Å². The van der Waals surface area contributed by atoms with E-state index in [0.717, 1.165) is 89.2 Å². The lowest BCUT2D eigenvalue weighted by Crippen LogP contribution is -2.12. The van der Waals surface area contributed by atoms with Crippen molar-refractivity contribution < 1.29 is 56.4 Å². The molecule has 3 aromatic rings. The van der Waals surface area contributed by atoms with Gasteiger partial charge in [-0.2, -0.15) is 8.78 Å². The highest BCUT2D eigenvalue weighted by Crippen LogP contribution is 2.29. The normalized spacial score (nSPS) is 10.8. The lowest BCUT2D eigenvalue weighted by molar-refractivity contribution is -0.139. The molecule has 0 fully saturated rings. The maximum atomic E-state index is 15.0. The van der Waals surface area contributed by atoms with Crippen molar-refractivity contribution in [2.75, 3.05) is 26.4 Å². The van der Waals surface area contributed by atoms with Gasteiger partial charge in [0.2, 0.25) is 11.6 Å². The van der Waals surface area contributed by atoms with E-state index < -0.39 is 35.1 Å². The fourth-order valence-corrected chi connectivity index (χ4v) is 6.91. The first kappa shape index (κ1) is 54.8. The molecule has 0 heterocycles. The van der Waals surface area contributed by atoms with Crippen LogP contribution in [0.2, 0.25) is 0 Å². The van der Waals surface area contributed by atoms with Crippen LogP contribution in [0.1, 0.15) is 176 Å². The summed E-state index contributed by atoms with van der Waals surface area (Å²) in [6.07, 6.45) is 24.5. The average molecular weight is 919 g/mol. The lowest BCUT2D eigenvalue weighted by Gasteiger charge is -2.11. The molecule has 0 N–H and O–H groups in total. The van der Waals surface area contributed by atoms with Crippen molar-refractivity contribution in [2.45, 2.75) is 155 Å². The molecular weight excluding hydrogens is 847 g/mol. The molecule has 0 bridgehead atoms. The molecule has 10 nitrogen and oxygen atoms in total. The number of carbonyl (C=O) groups excluding carboxylic acids is 4. The Morgan fingerprint density at radius 1 is 0.394 bits per heavy atom. The highest BCUT2D eigenvalue weighted by molar-refractivity contribution is 5.92. The Bertz CT molecular complexity index is 1790. The van der Waals surface area contributed by atoms with E-state index in [4.69, 9.17) is 28.4 Å². The van der Waals surface area contributed by atoms with E-state index in [2.05, 4.69) is 13.2 Å². The summed E-state index contributed by atoms with van der Waals surface area (Å²) in [4.78, 5) is 48.2. The minimum atomic E-state index is -1.46. The van der Waals surface area contributed by atoms with Crippen LogP contribution in [0.3, 0.4) is 0 Å². The number of hydrogen-bond acceptors (Lipinski definition) is 10. The molecule has 3 rings (SSSR count). The molecule has 66 heavy (non-hydrogen) atoms. The smallest absolute Gasteiger partial charge is 0.343 e. The molecule has 0 aliphatic heterocycles. The number of hydrogen-bond donors (Lipinski definition) is 0. The second-order valence-corrected chi connectivity index (χ2v) is 16.8. The fourth-order valence-electron chi connectivity index (χ4n) is 6.91. The first-order chi connectivity index (χ1) is 32.0. The van der Waals surface area contributed by atoms with Crippen molar-refractivity contribution in [3.63, 3.8) is 0 Å². The Balaban J connectivity index is 1.22. The number of halogens is 2. The van der Waals surface area contributed by atoms with Crippen LogP contribution in [0.15, 0.2) is 85.0 Å². The van der Waals surface area contributed by atoms with E-state index in [1.807, 2.05) is 0 Å². The molecular formula is C54H72F2O10. The van der Waals surface area contributed by atoms with Crippen molar-refractivity contribution in [1.82, 2.24) is 0 Å². The SMILES string of the molecule is C=C(C)C(=O)OCCCCCCCCCCCCCOc1ccc(C(=O)Oc2ccc(OC(=O)c3ccc(OCCCCCCCCCCCCCOC(=O)C(=C)C)cc3)c(F)c2F)cc1. The van der Waals surface area contributed by atoms with Gasteiger partial charge in [0.25, 0.3) is 0 Å². The predicted octanol–water partition coefficient (Wildman–Crippen LogP) is 14.0. The van der Waals surface area contributed by atoms with Crippen LogP contribution in [0, 0.1) is 11.6 Å². The Kier molecular flexibility index (Phi) is 27.4. The third-order valence-corrected chi connectivity index (χ3v) is 10.9. The predicted molar refractivity (Wildman–Crippen MR) is 253 cm³/mol. The molecule has 0 saturated carbocycles. The molecule has 0 unspecified atom stereocenters. The Morgan fingerprint density at radius 2 is 0.652 bits per heavy atom. The first-order valence-electron chi connectivity index (χ1n) is 24.0. The minimum Gasteiger partial charge on any atom is -0.494 e. The molecule has 0 radical (unpaired) electrons. The Morgan fingerprint density at radius 3 is 0.924 bits per heavy atom. The third-order valence-electron chi connectivity index (χ3n) is 10.9. The summed E-state index contributed by atoms with van der Waals surface area (Å²) in [7, 11) is 0. The lowest BCUT2D eigenvalue weighted by atomic mass is 10.1. The van der Waals surface area contributed by atoms with Gasteiger partial charge in [-0.1, -0.05) is 129 Å². The number of esters is 4. The first-order valence-corrected chi connectivity index (χ1v) is 24.0. The van der Waals surface area contributed by atoms with E-state index in [-0.39, 0.29) is 23.1 Å². The summed E-state index contributed by atoms with van der Waals surface area (Å²) in [5.41, 5.74) is 1.12. The molecule has 0 atom stereocenters. The summed E-state index contributed by atoms with van der Waals surface area (Å²) in [5.74, 6) is -5.46.